The van der Waals surface area contributed by atoms with E-state index in [0.29, 0.717) is 12.3 Å². The predicted octanol–water partition coefficient (Wildman–Crippen LogP) is 2.12. The molecule has 0 aliphatic carbocycles. The first-order chi connectivity index (χ1) is 8.20. The number of sulfonamides is 1. The summed E-state index contributed by atoms with van der Waals surface area (Å²) in [5.74, 6) is -0.285. The van der Waals surface area contributed by atoms with Crippen molar-refractivity contribution in [3.63, 3.8) is 0 Å². The van der Waals surface area contributed by atoms with Gasteiger partial charge in [-0.3, -0.25) is 0 Å². The van der Waals surface area contributed by atoms with Crippen LogP contribution in [-0.4, -0.2) is 14.5 Å². The third kappa shape index (κ3) is 4.27. The summed E-state index contributed by atoms with van der Waals surface area (Å²) >= 11 is 0. The fourth-order valence-corrected chi connectivity index (χ4v) is 3.15. The van der Waals surface area contributed by atoms with Crippen LogP contribution in [0.25, 0.3) is 0 Å². The monoisotopic (exact) mass is 274 g/mol. The van der Waals surface area contributed by atoms with Gasteiger partial charge in [0.1, 0.15) is 5.82 Å². The van der Waals surface area contributed by atoms with Crippen LogP contribution < -0.4 is 10.5 Å². The van der Waals surface area contributed by atoms with Gasteiger partial charge >= 0.3 is 0 Å². The molecule has 18 heavy (non-hydrogen) atoms. The zero-order valence-corrected chi connectivity index (χ0v) is 11.6. The van der Waals surface area contributed by atoms with E-state index in [1.807, 2.05) is 13.8 Å². The van der Waals surface area contributed by atoms with Crippen LogP contribution in [0, 0.1) is 11.7 Å². The molecular formula is C12H19FN2O2S. The Hall–Kier alpha value is -1.14. The van der Waals surface area contributed by atoms with Crippen molar-refractivity contribution in [1.29, 1.82) is 0 Å². The van der Waals surface area contributed by atoms with E-state index in [9.17, 15) is 12.8 Å². The van der Waals surface area contributed by atoms with Gasteiger partial charge in [0, 0.05) is 11.7 Å². The minimum absolute atomic E-state index is 0.0897. The van der Waals surface area contributed by atoms with E-state index < -0.39 is 15.8 Å². The first-order valence-electron chi connectivity index (χ1n) is 5.79. The highest BCUT2D eigenvalue weighted by Gasteiger charge is 2.19. The van der Waals surface area contributed by atoms with E-state index in [-0.39, 0.29) is 16.6 Å². The van der Waals surface area contributed by atoms with Crippen molar-refractivity contribution in [1.82, 2.24) is 4.72 Å². The van der Waals surface area contributed by atoms with Crippen molar-refractivity contribution >= 4 is 15.7 Å². The molecule has 0 aliphatic heterocycles. The number of nitrogen functional groups attached to an aromatic ring is 1. The lowest BCUT2D eigenvalue weighted by Gasteiger charge is -2.16. The molecule has 102 valence electrons. The fourth-order valence-electron chi connectivity index (χ4n) is 1.83. The lowest BCUT2D eigenvalue weighted by Crippen LogP contribution is -2.33. The van der Waals surface area contributed by atoms with Gasteiger partial charge in [-0.15, -0.1) is 0 Å². The second-order valence-electron chi connectivity index (χ2n) is 4.87. The molecule has 1 aromatic carbocycles. The van der Waals surface area contributed by atoms with Gasteiger partial charge in [-0.05, 0) is 37.5 Å². The number of nitrogens with two attached hydrogens (primary N) is 1. The molecule has 1 atom stereocenters. The number of benzene rings is 1. The van der Waals surface area contributed by atoms with E-state index in [1.165, 1.54) is 6.07 Å². The molecule has 6 heteroatoms. The van der Waals surface area contributed by atoms with Gasteiger partial charge in [-0.25, -0.2) is 17.5 Å². The number of anilines is 1. The molecule has 1 unspecified atom stereocenters. The third-order valence-electron chi connectivity index (χ3n) is 2.39. The maximum atomic E-state index is 13.1. The van der Waals surface area contributed by atoms with E-state index in [4.69, 9.17) is 5.73 Å². The molecule has 0 heterocycles. The summed E-state index contributed by atoms with van der Waals surface area (Å²) in [5, 5.41) is 0. The maximum Gasteiger partial charge on any atom is 0.240 e. The Balaban J connectivity index is 2.92. The van der Waals surface area contributed by atoms with Gasteiger partial charge in [0.15, 0.2) is 0 Å². The molecule has 0 amide bonds. The van der Waals surface area contributed by atoms with Crippen LogP contribution in [-0.2, 0) is 10.0 Å². The van der Waals surface area contributed by atoms with E-state index in [2.05, 4.69) is 4.72 Å². The van der Waals surface area contributed by atoms with Crippen molar-refractivity contribution in [2.75, 3.05) is 5.73 Å². The van der Waals surface area contributed by atoms with Gasteiger partial charge in [0.2, 0.25) is 10.0 Å². The largest absolute Gasteiger partial charge is 0.399 e. The molecule has 0 bridgehead atoms. The van der Waals surface area contributed by atoms with Gasteiger partial charge in [0.05, 0.1) is 4.90 Å². The third-order valence-corrected chi connectivity index (χ3v) is 3.95. The predicted molar refractivity (Wildman–Crippen MR) is 70.1 cm³/mol. The van der Waals surface area contributed by atoms with E-state index >= 15 is 0 Å². The van der Waals surface area contributed by atoms with Crippen molar-refractivity contribution < 1.29 is 12.8 Å². The summed E-state index contributed by atoms with van der Waals surface area (Å²) < 4.78 is 39.6. The Morgan fingerprint density at radius 1 is 1.28 bits per heavy atom. The average Bonchev–Trinajstić information content (AvgIpc) is 2.13. The molecule has 0 fully saturated rings. The molecule has 3 N–H and O–H groups in total. The Bertz CT molecular complexity index is 495. The minimum atomic E-state index is -3.72. The molecule has 0 aliphatic rings. The summed E-state index contributed by atoms with van der Waals surface area (Å²) in [6.45, 7) is 5.79. The molecule has 4 nitrogen and oxygen atoms in total. The van der Waals surface area contributed by atoms with Crippen molar-refractivity contribution in [2.45, 2.75) is 38.1 Å². The van der Waals surface area contributed by atoms with Gasteiger partial charge in [0.25, 0.3) is 0 Å². The number of nitrogens with one attached hydrogen (secondary N) is 1. The molecule has 0 radical (unpaired) electrons. The molecule has 1 rings (SSSR count). The van der Waals surface area contributed by atoms with E-state index in [1.54, 1.807) is 6.92 Å². The Morgan fingerprint density at radius 3 is 2.39 bits per heavy atom. The molecule has 0 aromatic heterocycles. The zero-order chi connectivity index (χ0) is 13.9. The van der Waals surface area contributed by atoms with Crippen LogP contribution in [0.5, 0.6) is 0 Å². The highest BCUT2D eigenvalue weighted by molar-refractivity contribution is 7.89. The summed E-state index contributed by atoms with van der Waals surface area (Å²) in [6.07, 6.45) is 0.712. The summed E-state index contributed by atoms with van der Waals surface area (Å²) in [4.78, 5) is -0.143. The van der Waals surface area contributed by atoms with Crippen molar-refractivity contribution in [3.05, 3.63) is 24.0 Å². The van der Waals surface area contributed by atoms with Gasteiger partial charge < -0.3 is 5.73 Å². The molecule has 0 spiro atoms. The summed E-state index contributed by atoms with van der Waals surface area (Å²) in [6, 6.07) is 3.07. The smallest absolute Gasteiger partial charge is 0.240 e. The van der Waals surface area contributed by atoms with Crippen molar-refractivity contribution in [3.8, 4) is 0 Å². The van der Waals surface area contributed by atoms with Crippen molar-refractivity contribution in [2.24, 2.45) is 5.92 Å². The van der Waals surface area contributed by atoms with E-state index in [0.717, 1.165) is 12.1 Å². The Kier molecular flexibility index (Phi) is 4.70. The lowest BCUT2D eigenvalue weighted by atomic mass is 10.1. The first-order valence-corrected chi connectivity index (χ1v) is 7.27. The highest BCUT2D eigenvalue weighted by Crippen LogP contribution is 2.17. The topological polar surface area (TPSA) is 72.2 Å². The number of hydrogen-bond acceptors (Lipinski definition) is 3. The first kappa shape index (κ1) is 14.9. The second-order valence-corrected chi connectivity index (χ2v) is 6.59. The minimum Gasteiger partial charge on any atom is -0.399 e. The van der Waals surface area contributed by atoms with Gasteiger partial charge in [-0.1, -0.05) is 13.8 Å². The lowest BCUT2D eigenvalue weighted by molar-refractivity contribution is 0.482. The zero-order valence-electron chi connectivity index (χ0n) is 10.8. The molecule has 0 saturated carbocycles. The SMILES string of the molecule is CC(C)CC(C)NS(=O)(=O)c1cc(N)cc(F)c1. The normalized spacial score (nSPS) is 13.8. The Morgan fingerprint density at radius 2 is 1.89 bits per heavy atom. The summed E-state index contributed by atoms with van der Waals surface area (Å²) in [5.41, 5.74) is 5.53. The van der Waals surface area contributed by atoms with Crippen LogP contribution in [0.2, 0.25) is 0 Å². The van der Waals surface area contributed by atoms with Crippen LogP contribution in [0.1, 0.15) is 27.2 Å². The van der Waals surface area contributed by atoms with Crippen LogP contribution in [0.4, 0.5) is 10.1 Å². The summed E-state index contributed by atoms with van der Waals surface area (Å²) in [7, 11) is -3.72. The molecule has 0 saturated heterocycles. The van der Waals surface area contributed by atoms with Crippen LogP contribution in [0.15, 0.2) is 23.1 Å². The number of rotatable bonds is 5. The molecular weight excluding hydrogens is 255 g/mol. The number of halogens is 1. The average molecular weight is 274 g/mol. The van der Waals surface area contributed by atoms with Crippen LogP contribution >= 0.6 is 0 Å². The fraction of sp³-hybridized carbons (Fsp3) is 0.500. The quantitative estimate of drug-likeness (QED) is 0.808. The molecule has 1 aromatic rings. The maximum absolute atomic E-state index is 13.1. The second kappa shape index (κ2) is 5.67. The van der Waals surface area contributed by atoms with Gasteiger partial charge in [-0.2, -0.15) is 0 Å². The highest BCUT2D eigenvalue weighted by atomic mass is 32.2. The van der Waals surface area contributed by atoms with Crippen LogP contribution in [0.3, 0.4) is 0 Å². The Labute approximate surface area is 107 Å². The number of hydrogen-bond donors (Lipinski definition) is 2. The standard InChI is InChI=1S/C12H19FN2O2S/c1-8(2)4-9(3)15-18(16,17)12-6-10(13)5-11(14)7-12/h5-9,15H,4,14H2,1-3H3.